The lowest BCUT2D eigenvalue weighted by molar-refractivity contribution is -0.100. The summed E-state index contributed by atoms with van der Waals surface area (Å²) in [6, 6.07) is 0.760. The number of ether oxygens (including phenoxy) is 1. The summed E-state index contributed by atoms with van der Waals surface area (Å²) in [5, 5.41) is 3.78. The van der Waals surface area contributed by atoms with Gasteiger partial charge in [0.25, 0.3) is 0 Å². The van der Waals surface area contributed by atoms with Gasteiger partial charge in [-0.15, -0.1) is 0 Å². The van der Waals surface area contributed by atoms with Gasteiger partial charge in [0.1, 0.15) is 0 Å². The van der Waals surface area contributed by atoms with Crippen molar-refractivity contribution in [3.05, 3.63) is 0 Å². The van der Waals surface area contributed by atoms with Crippen LogP contribution in [0.15, 0.2) is 0 Å². The van der Waals surface area contributed by atoms with Crippen LogP contribution in [-0.2, 0) is 4.74 Å². The summed E-state index contributed by atoms with van der Waals surface area (Å²) in [6.07, 6.45) is 7.02. The van der Waals surface area contributed by atoms with Crippen LogP contribution in [0.1, 0.15) is 52.9 Å². The molecular formula is C15H29NO. The molecule has 1 heterocycles. The van der Waals surface area contributed by atoms with Crippen LogP contribution in [0.5, 0.6) is 0 Å². The second-order valence-electron chi connectivity index (χ2n) is 6.89. The Hall–Kier alpha value is -0.0800. The van der Waals surface area contributed by atoms with Crippen molar-refractivity contribution < 1.29 is 4.74 Å². The Bertz CT molecular complexity index is 235. The standard InChI is InChI=1S/C15H29NO/c1-12(2)13-5-4-6-14(8-7-13)16-9-15(3)10-17-11-15/h12-14,16H,4-11H2,1-3H3. The Morgan fingerprint density at radius 1 is 1.18 bits per heavy atom. The zero-order valence-corrected chi connectivity index (χ0v) is 11.8. The molecule has 1 saturated heterocycles. The van der Waals surface area contributed by atoms with Gasteiger partial charge >= 0.3 is 0 Å². The largest absolute Gasteiger partial charge is 0.380 e. The molecule has 0 amide bonds. The van der Waals surface area contributed by atoms with Crippen LogP contribution >= 0.6 is 0 Å². The fourth-order valence-electron chi connectivity index (χ4n) is 3.14. The van der Waals surface area contributed by atoms with Crippen molar-refractivity contribution in [2.75, 3.05) is 19.8 Å². The quantitative estimate of drug-likeness (QED) is 0.761. The molecule has 1 N–H and O–H groups in total. The molecule has 1 aliphatic carbocycles. The maximum Gasteiger partial charge on any atom is 0.0554 e. The van der Waals surface area contributed by atoms with Crippen molar-refractivity contribution in [3.8, 4) is 0 Å². The third kappa shape index (κ3) is 3.69. The number of hydrogen-bond acceptors (Lipinski definition) is 2. The number of hydrogen-bond donors (Lipinski definition) is 1. The highest BCUT2D eigenvalue weighted by Crippen LogP contribution is 2.30. The van der Waals surface area contributed by atoms with Crippen LogP contribution in [0.25, 0.3) is 0 Å². The summed E-state index contributed by atoms with van der Waals surface area (Å²) in [5.41, 5.74) is 0.420. The first kappa shape index (κ1) is 13.4. The minimum Gasteiger partial charge on any atom is -0.380 e. The smallest absolute Gasteiger partial charge is 0.0554 e. The Balaban J connectivity index is 1.71. The topological polar surface area (TPSA) is 21.3 Å². The molecule has 0 aromatic heterocycles. The zero-order chi connectivity index (χ0) is 12.3. The minimum absolute atomic E-state index is 0.420. The van der Waals surface area contributed by atoms with Gasteiger partial charge in [-0.3, -0.25) is 0 Å². The average Bonchev–Trinajstić information content (AvgIpc) is 2.49. The van der Waals surface area contributed by atoms with E-state index in [2.05, 4.69) is 26.1 Å². The third-order valence-electron chi connectivity index (χ3n) is 4.67. The first-order valence-electron chi connectivity index (χ1n) is 7.40. The Morgan fingerprint density at radius 3 is 2.53 bits per heavy atom. The molecule has 1 saturated carbocycles. The number of rotatable bonds is 4. The van der Waals surface area contributed by atoms with Gasteiger partial charge in [-0.1, -0.05) is 33.6 Å². The molecule has 2 heteroatoms. The van der Waals surface area contributed by atoms with Crippen LogP contribution in [-0.4, -0.2) is 25.8 Å². The molecular weight excluding hydrogens is 210 g/mol. The number of nitrogens with one attached hydrogen (secondary N) is 1. The average molecular weight is 239 g/mol. The van der Waals surface area contributed by atoms with Gasteiger partial charge in [0.2, 0.25) is 0 Å². The molecule has 0 spiro atoms. The lowest BCUT2D eigenvalue weighted by Crippen LogP contribution is -2.49. The second kappa shape index (κ2) is 5.71. The van der Waals surface area contributed by atoms with E-state index in [1.807, 2.05) is 0 Å². The molecule has 0 aromatic carbocycles. The van der Waals surface area contributed by atoms with E-state index in [9.17, 15) is 0 Å². The molecule has 17 heavy (non-hydrogen) atoms. The van der Waals surface area contributed by atoms with Crippen molar-refractivity contribution in [3.63, 3.8) is 0 Å². The van der Waals surface area contributed by atoms with Crippen LogP contribution in [0.4, 0.5) is 0 Å². The SMILES string of the molecule is CC(C)C1CCCC(NCC2(C)COC2)CC1. The fraction of sp³-hybridized carbons (Fsp3) is 1.00. The van der Waals surface area contributed by atoms with E-state index in [-0.39, 0.29) is 0 Å². The first-order chi connectivity index (χ1) is 8.09. The predicted octanol–water partition coefficient (Wildman–Crippen LogP) is 3.22. The first-order valence-corrected chi connectivity index (χ1v) is 7.40. The maximum atomic E-state index is 5.31. The lowest BCUT2D eigenvalue weighted by atomic mass is 9.88. The monoisotopic (exact) mass is 239 g/mol. The molecule has 2 rings (SSSR count). The van der Waals surface area contributed by atoms with E-state index >= 15 is 0 Å². The molecule has 2 unspecified atom stereocenters. The summed E-state index contributed by atoms with van der Waals surface area (Å²) in [7, 11) is 0. The highest BCUT2D eigenvalue weighted by molar-refractivity contribution is 4.85. The lowest BCUT2D eigenvalue weighted by Gasteiger charge is -2.39. The normalized spacial score (nSPS) is 33.2. The van der Waals surface area contributed by atoms with Crippen molar-refractivity contribution in [2.45, 2.75) is 58.9 Å². The van der Waals surface area contributed by atoms with Gasteiger partial charge in [0.05, 0.1) is 13.2 Å². The summed E-state index contributed by atoms with van der Waals surface area (Å²) < 4.78 is 5.31. The van der Waals surface area contributed by atoms with E-state index in [4.69, 9.17) is 4.74 Å². The molecule has 1 aliphatic heterocycles. The van der Waals surface area contributed by atoms with Crippen LogP contribution < -0.4 is 5.32 Å². The molecule has 2 aliphatic rings. The van der Waals surface area contributed by atoms with Crippen molar-refractivity contribution in [1.82, 2.24) is 5.32 Å². The van der Waals surface area contributed by atoms with Crippen molar-refractivity contribution >= 4 is 0 Å². The van der Waals surface area contributed by atoms with E-state index in [1.54, 1.807) is 0 Å². The van der Waals surface area contributed by atoms with Crippen LogP contribution in [0.3, 0.4) is 0 Å². The van der Waals surface area contributed by atoms with Gasteiger partial charge in [-0.05, 0) is 31.1 Å². The van der Waals surface area contributed by atoms with Crippen LogP contribution in [0.2, 0.25) is 0 Å². The third-order valence-corrected chi connectivity index (χ3v) is 4.67. The van der Waals surface area contributed by atoms with Crippen molar-refractivity contribution in [1.29, 1.82) is 0 Å². The molecule has 0 aromatic rings. The summed E-state index contributed by atoms with van der Waals surface area (Å²) in [5.74, 6) is 1.83. The van der Waals surface area contributed by atoms with E-state index in [1.165, 1.54) is 32.1 Å². The second-order valence-corrected chi connectivity index (χ2v) is 6.89. The van der Waals surface area contributed by atoms with E-state index in [0.717, 1.165) is 37.6 Å². The van der Waals surface area contributed by atoms with E-state index in [0.29, 0.717) is 5.41 Å². The van der Waals surface area contributed by atoms with Gasteiger partial charge in [0.15, 0.2) is 0 Å². The molecule has 2 fully saturated rings. The molecule has 100 valence electrons. The van der Waals surface area contributed by atoms with Gasteiger partial charge in [0, 0.05) is 18.0 Å². The zero-order valence-electron chi connectivity index (χ0n) is 11.8. The summed E-state index contributed by atoms with van der Waals surface area (Å²) in [6.45, 7) is 10.1. The Morgan fingerprint density at radius 2 is 1.94 bits per heavy atom. The molecule has 2 atom stereocenters. The highest BCUT2D eigenvalue weighted by atomic mass is 16.5. The Labute approximate surface area is 107 Å². The van der Waals surface area contributed by atoms with Crippen LogP contribution in [0, 0.1) is 17.3 Å². The molecule has 0 bridgehead atoms. The molecule has 0 radical (unpaired) electrons. The minimum atomic E-state index is 0.420. The summed E-state index contributed by atoms with van der Waals surface area (Å²) in [4.78, 5) is 0. The van der Waals surface area contributed by atoms with Gasteiger partial charge < -0.3 is 10.1 Å². The summed E-state index contributed by atoms with van der Waals surface area (Å²) >= 11 is 0. The van der Waals surface area contributed by atoms with Gasteiger partial charge in [-0.25, -0.2) is 0 Å². The predicted molar refractivity (Wildman–Crippen MR) is 72.1 cm³/mol. The highest BCUT2D eigenvalue weighted by Gasteiger charge is 2.33. The fourth-order valence-corrected chi connectivity index (χ4v) is 3.14. The van der Waals surface area contributed by atoms with Crippen molar-refractivity contribution in [2.24, 2.45) is 17.3 Å². The van der Waals surface area contributed by atoms with Gasteiger partial charge in [-0.2, -0.15) is 0 Å². The molecule has 2 nitrogen and oxygen atoms in total. The maximum absolute atomic E-state index is 5.31. The van der Waals surface area contributed by atoms with E-state index < -0.39 is 0 Å². The Kier molecular flexibility index (Phi) is 4.48.